The van der Waals surface area contributed by atoms with Gasteiger partial charge in [-0.3, -0.25) is 24.0 Å². The van der Waals surface area contributed by atoms with Gasteiger partial charge in [0.15, 0.2) is 0 Å². The Kier molecular flexibility index (Phi) is 22.0. The van der Waals surface area contributed by atoms with Crippen LogP contribution in [0.25, 0.3) is 0 Å². The molecule has 0 aromatic heterocycles. The predicted molar refractivity (Wildman–Crippen MR) is 101 cm³/mol. The van der Waals surface area contributed by atoms with Gasteiger partial charge in [-0.15, -0.1) is 5.06 Å². The van der Waals surface area contributed by atoms with Gasteiger partial charge in [-0.05, 0) is 0 Å². The van der Waals surface area contributed by atoms with Crippen LogP contribution in [0.1, 0.15) is 25.7 Å². The first-order chi connectivity index (χ1) is 13.5. The molecule has 1 aliphatic heterocycles. The van der Waals surface area contributed by atoms with Gasteiger partial charge in [0.1, 0.15) is 0 Å². The van der Waals surface area contributed by atoms with Crippen molar-refractivity contribution >= 4 is 60.9 Å². The summed E-state index contributed by atoms with van der Waals surface area (Å²) < 4.78 is 0. The second-order valence-electron chi connectivity index (χ2n) is 4.49. The quantitative estimate of drug-likeness (QED) is 0.169. The van der Waals surface area contributed by atoms with E-state index in [0.29, 0.717) is 5.06 Å². The molecule has 168 valence electrons. The maximum absolute atomic E-state index is 11.0. The predicted octanol–water partition coefficient (Wildman–Crippen LogP) is -1.57. The van der Waals surface area contributed by atoms with Crippen molar-refractivity contribution in [1.29, 1.82) is 0 Å². The van der Waals surface area contributed by atoms with Crippen molar-refractivity contribution < 1.29 is 59.1 Å². The first kappa shape index (κ1) is 31.3. The van der Waals surface area contributed by atoms with Crippen molar-refractivity contribution in [3.05, 3.63) is 0 Å². The minimum Gasteiger partial charge on any atom is -0.481 e. The van der Waals surface area contributed by atoms with E-state index >= 15 is 0 Å². The number of carbonyl (C=O) groups is 6. The number of carboxylic acids is 3. The molecule has 1 heterocycles. The zero-order valence-corrected chi connectivity index (χ0v) is 16.9. The highest BCUT2D eigenvalue weighted by molar-refractivity contribution is 7.81. The van der Waals surface area contributed by atoms with Gasteiger partial charge in [0.25, 0.3) is 11.8 Å². The number of carbonyl (C=O) groups excluding carboxylic acids is 3. The van der Waals surface area contributed by atoms with Crippen molar-refractivity contribution in [2.24, 2.45) is 0 Å². The molecule has 1 rings (SSSR count). The second kappa shape index (κ2) is 20.4. The standard InChI is InChI=1S/C8H9NO6.2C2H4O2S.C2H6O2/c10-5-1-2-6(11)9(5)15-8(14)4-3-7(12)13;2*3-2(4)1-5;3-1-2-4/h1-4H2,(H,12,13);2*5H,1H2,(H,3,4);3-4H,1-2H2. The minimum absolute atomic E-state index is 0.0189. The third-order valence-electron chi connectivity index (χ3n) is 2.11. The summed E-state index contributed by atoms with van der Waals surface area (Å²) in [6.45, 7) is -0.250. The summed E-state index contributed by atoms with van der Waals surface area (Å²) >= 11 is 6.83. The molecule has 0 unspecified atom stereocenters. The van der Waals surface area contributed by atoms with Gasteiger partial charge in [0.05, 0.1) is 37.6 Å². The van der Waals surface area contributed by atoms with Crippen LogP contribution >= 0.6 is 25.3 Å². The summed E-state index contributed by atoms with van der Waals surface area (Å²) in [6.07, 6.45) is -0.725. The summed E-state index contributed by atoms with van der Waals surface area (Å²) in [7, 11) is 0. The van der Waals surface area contributed by atoms with Crippen molar-refractivity contribution in [2.45, 2.75) is 25.7 Å². The monoisotopic (exact) mass is 461 g/mol. The molecule has 1 aliphatic rings. The van der Waals surface area contributed by atoms with E-state index in [9.17, 15) is 28.8 Å². The molecule has 5 N–H and O–H groups in total. The van der Waals surface area contributed by atoms with E-state index in [1.807, 2.05) is 0 Å². The Morgan fingerprint density at radius 1 is 0.793 bits per heavy atom. The molecule has 0 radical (unpaired) electrons. The lowest BCUT2D eigenvalue weighted by Crippen LogP contribution is -2.32. The molecule has 29 heavy (non-hydrogen) atoms. The smallest absolute Gasteiger partial charge is 0.333 e. The summed E-state index contributed by atoms with van der Waals surface area (Å²) in [5.74, 6) is -5.14. The fourth-order valence-corrected chi connectivity index (χ4v) is 1.01. The van der Waals surface area contributed by atoms with E-state index in [1.54, 1.807) is 0 Å². The molecular formula is C14H23NO12S2. The van der Waals surface area contributed by atoms with Gasteiger partial charge in [-0.2, -0.15) is 25.3 Å². The minimum atomic E-state index is -1.15. The topological polar surface area (TPSA) is 216 Å². The summed E-state index contributed by atoms with van der Waals surface area (Å²) in [5.41, 5.74) is 0. The number of rotatable bonds is 7. The number of amides is 2. The van der Waals surface area contributed by atoms with Crippen LogP contribution in [0.5, 0.6) is 0 Å². The Labute approximate surface area is 176 Å². The van der Waals surface area contributed by atoms with Crippen LogP contribution in [-0.4, -0.2) is 91.0 Å². The molecule has 0 aliphatic carbocycles. The number of hydrogen-bond donors (Lipinski definition) is 7. The Morgan fingerprint density at radius 2 is 1.14 bits per heavy atom. The summed E-state index contributed by atoms with van der Waals surface area (Å²) in [6, 6.07) is 0. The lowest BCUT2D eigenvalue weighted by atomic mass is 10.3. The molecule has 0 bridgehead atoms. The zero-order chi connectivity index (χ0) is 23.4. The van der Waals surface area contributed by atoms with Crippen LogP contribution in [0.15, 0.2) is 0 Å². The Hall–Kier alpha value is -2.36. The normalized spacial score (nSPS) is 11.7. The fourth-order valence-electron chi connectivity index (χ4n) is 1.01. The van der Waals surface area contributed by atoms with Gasteiger partial charge in [0.2, 0.25) is 0 Å². The number of imide groups is 1. The van der Waals surface area contributed by atoms with Crippen LogP contribution in [0.3, 0.4) is 0 Å². The lowest BCUT2D eigenvalue weighted by Gasteiger charge is -2.11. The maximum atomic E-state index is 11.0. The number of aliphatic hydroxyl groups excluding tert-OH is 2. The van der Waals surface area contributed by atoms with Gasteiger partial charge in [-0.1, -0.05) is 0 Å². The second-order valence-corrected chi connectivity index (χ2v) is 5.12. The van der Waals surface area contributed by atoms with E-state index in [2.05, 4.69) is 30.1 Å². The van der Waals surface area contributed by atoms with Crippen LogP contribution in [-0.2, 0) is 33.6 Å². The third-order valence-corrected chi connectivity index (χ3v) is 2.65. The van der Waals surface area contributed by atoms with Crippen LogP contribution < -0.4 is 0 Å². The van der Waals surface area contributed by atoms with Crippen LogP contribution in [0, 0.1) is 0 Å². The van der Waals surface area contributed by atoms with Crippen molar-refractivity contribution in [3.8, 4) is 0 Å². The average molecular weight is 461 g/mol. The number of thiol groups is 2. The van der Waals surface area contributed by atoms with E-state index in [4.69, 9.17) is 25.5 Å². The molecule has 0 aromatic rings. The highest BCUT2D eigenvalue weighted by Crippen LogP contribution is 2.12. The number of hydrogen-bond acceptors (Lipinski definition) is 11. The van der Waals surface area contributed by atoms with Gasteiger partial charge >= 0.3 is 23.9 Å². The Balaban J connectivity index is -0.000000396. The molecule has 15 heteroatoms. The number of aliphatic hydroxyl groups is 2. The number of aliphatic carboxylic acids is 3. The van der Waals surface area contributed by atoms with Crippen LogP contribution in [0.2, 0.25) is 0 Å². The molecule has 13 nitrogen and oxygen atoms in total. The Bertz CT molecular complexity index is 523. The molecular weight excluding hydrogens is 438 g/mol. The number of carboxylic acid groups (broad SMARTS) is 3. The highest BCUT2D eigenvalue weighted by Gasteiger charge is 2.32. The average Bonchev–Trinajstić information content (AvgIpc) is 2.99. The highest BCUT2D eigenvalue weighted by atomic mass is 32.1. The molecule has 2 amide bonds. The molecule has 0 saturated carbocycles. The first-order valence-corrected chi connectivity index (χ1v) is 8.88. The summed E-state index contributed by atoms with van der Waals surface area (Å²) in [4.78, 5) is 66.0. The van der Waals surface area contributed by atoms with E-state index in [1.165, 1.54) is 0 Å². The number of nitrogens with zero attached hydrogens (tertiary/aromatic N) is 1. The van der Waals surface area contributed by atoms with Gasteiger partial charge in [-0.25, -0.2) is 4.79 Å². The fraction of sp³-hybridized carbons (Fsp3) is 0.571. The SMILES string of the molecule is O=C(O)CCC(=O)ON1C(=O)CCC1=O.O=C(O)CS.O=C(O)CS.OCCO. The molecule has 1 fully saturated rings. The van der Waals surface area contributed by atoms with E-state index < -0.39 is 42.1 Å². The van der Waals surface area contributed by atoms with Crippen LogP contribution in [0.4, 0.5) is 0 Å². The van der Waals surface area contributed by atoms with Crippen molar-refractivity contribution in [3.63, 3.8) is 0 Å². The van der Waals surface area contributed by atoms with Crippen molar-refractivity contribution in [1.82, 2.24) is 5.06 Å². The third kappa shape index (κ3) is 23.6. The van der Waals surface area contributed by atoms with Gasteiger partial charge in [0, 0.05) is 12.8 Å². The largest absolute Gasteiger partial charge is 0.481 e. The molecule has 1 saturated heterocycles. The molecule has 0 spiro atoms. The van der Waals surface area contributed by atoms with E-state index in [-0.39, 0.29) is 44.0 Å². The molecule has 0 atom stereocenters. The number of hydroxylamine groups is 2. The maximum Gasteiger partial charge on any atom is 0.333 e. The zero-order valence-electron chi connectivity index (χ0n) is 15.1. The first-order valence-electron chi connectivity index (χ1n) is 7.62. The molecule has 0 aromatic carbocycles. The van der Waals surface area contributed by atoms with Crippen molar-refractivity contribution in [2.75, 3.05) is 24.7 Å². The van der Waals surface area contributed by atoms with Gasteiger partial charge < -0.3 is 30.4 Å². The summed E-state index contributed by atoms with van der Waals surface area (Å²) in [5, 5.41) is 39.2. The van der Waals surface area contributed by atoms with E-state index in [0.717, 1.165) is 0 Å². The Morgan fingerprint density at radius 3 is 1.38 bits per heavy atom. The lowest BCUT2D eigenvalue weighted by molar-refractivity contribution is -0.197.